The SMILES string of the molecule is NC(=O)c1nc2cc3c(nc2s1)C([C@@H](CCN1CCC(O)CC1)c1ccc(-c2cc(F)c(O)cn2)cc1)CCC3. The van der Waals surface area contributed by atoms with Crippen LogP contribution in [0.1, 0.15) is 70.6 Å². The monoisotopic (exact) mass is 561 g/mol. The molecular weight excluding hydrogens is 529 g/mol. The average Bonchev–Trinajstić information content (AvgIpc) is 3.38. The molecule has 8 nitrogen and oxygen atoms in total. The van der Waals surface area contributed by atoms with Gasteiger partial charge in [-0.1, -0.05) is 35.6 Å². The maximum Gasteiger partial charge on any atom is 0.277 e. The zero-order valence-electron chi connectivity index (χ0n) is 22.1. The second kappa shape index (κ2) is 11.2. The van der Waals surface area contributed by atoms with Crippen LogP contribution in [0.25, 0.3) is 21.6 Å². The van der Waals surface area contributed by atoms with Crippen LogP contribution in [0.2, 0.25) is 0 Å². The number of pyridine rings is 2. The lowest BCUT2D eigenvalue weighted by Gasteiger charge is -2.35. The van der Waals surface area contributed by atoms with Crippen LogP contribution in [0.15, 0.2) is 42.6 Å². The first-order chi connectivity index (χ1) is 19.4. The second-order valence-electron chi connectivity index (χ2n) is 10.8. The first-order valence-corrected chi connectivity index (χ1v) is 14.6. The van der Waals surface area contributed by atoms with Gasteiger partial charge in [0.15, 0.2) is 16.6 Å². The number of halogens is 1. The molecule has 0 spiro atoms. The number of aryl methyl sites for hydroxylation is 1. The van der Waals surface area contributed by atoms with E-state index in [1.54, 1.807) is 0 Å². The molecule has 1 saturated heterocycles. The molecular formula is C30H32FN5O3S. The maximum absolute atomic E-state index is 14.0. The largest absolute Gasteiger partial charge is 0.504 e. The van der Waals surface area contributed by atoms with E-state index in [9.17, 15) is 19.4 Å². The molecule has 1 fully saturated rings. The highest BCUT2D eigenvalue weighted by atomic mass is 32.1. The Morgan fingerprint density at radius 2 is 1.93 bits per heavy atom. The van der Waals surface area contributed by atoms with Crippen molar-refractivity contribution >= 4 is 27.6 Å². The second-order valence-corrected chi connectivity index (χ2v) is 11.8. The molecule has 0 bridgehead atoms. The Morgan fingerprint density at radius 1 is 1.15 bits per heavy atom. The van der Waals surface area contributed by atoms with Crippen molar-refractivity contribution in [1.29, 1.82) is 0 Å². The van der Waals surface area contributed by atoms with Gasteiger partial charge in [0.2, 0.25) is 0 Å². The van der Waals surface area contributed by atoms with Crippen LogP contribution >= 0.6 is 11.3 Å². The van der Waals surface area contributed by atoms with Gasteiger partial charge in [-0.2, -0.15) is 0 Å². The summed E-state index contributed by atoms with van der Waals surface area (Å²) < 4.78 is 14.0. The van der Waals surface area contributed by atoms with E-state index in [0.29, 0.717) is 5.69 Å². The summed E-state index contributed by atoms with van der Waals surface area (Å²) in [6, 6.07) is 11.4. The Hall–Kier alpha value is -3.47. The molecule has 0 radical (unpaired) electrons. The quantitative estimate of drug-likeness (QED) is 0.297. The van der Waals surface area contributed by atoms with Crippen LogP contribution in [-0.4, -0.2) is 61.7 Å². The number of aliphatic hydroxyl groups excluding tert-OH is 1. The van der Waals surface area contributed by atoms with Crippen LogP contribution < -0.4 is 5.73 Å². The Morgan fingerprint density at radius 3 is 2.65 bits per heavy atom. The van der Waals surface area contributed by atoms with E-state index in [0.717, 1.165) is 86.0 Å². The summed E-state index contributed by atoms with van der Waals surface area (Å²) in [5, 5.41) is 19.8. The first kappa shape index (κ1) is 26.7. The van der Waals surface area contributed by atoms with Crippen molar-refractivity contribution in [2.45, 2.75) is 56.5 Å². The number of primary amides is 1. The van der Waals surface area contributed by atoms with E-state index in [-0.39, 0.29) is 22.9 Å². The smallest absolute Gasteiger partial charge is 0.277 e. The molecule has 0 saturated carbocycles. The van der Waals surface area contributed by atoms with Gasteiger partial charge in [-0.15, -0.1) is 0 Å². The average molecular weight is 562 g/mol. The lowest BCUT2D eigenvalue weighted by Crippen LogP contribution is -2.37. The van der Waals surface area contributed by atoms with Gasteiger partial charge < -0.3 is 20.8 Å². The van der Waals surface area contributed by atoms with Crippen molar-refractivity contribution < 1.29 is 19.4 Å². The highest BCUT2D eigenvalue weighted by molar-refractivity contribution is 7.19. The number of aromatic hydroxyl groups is 1. The normalized spacial score (nSPS) is 19.0. The summed E-state index contributed by atoms with van der Waals surface area (Å²) in [7, 11) is 0. The lowest BCUT2D eigenvalue weighted by atomic mass is 9.74. The fraction of sp³-hybridized carbons (Fsp3) is 0.400. The lowest BCUT2D eigenvalue weighted by molar-refractivity contribution is 0.0805. The molecule has 1 aliphatic carbocycles. The third-order valence-corrected chi connectivity index (χ3v) is 9.27. The number of amides is 1. The zero-order valence-corrected chi connectivity index (χ0v) is 22.9. The number of nitrogens with zero attached hydrogens (tertiary/aromatic N) is 4. The summed E-state index contributed by atoms with van der Waals surface area (Å²) in [6.07, 6.45) is 6.42. The van der Waals surface area contributed by atoms with Gasteiger partial charge in [-0.3, -0.25) is 9.78 Å². The molecule has 1 aromatic carbocycles. The Balaban J connectivity index is 1.34. The third-order valence-electron chi connectivity index (χ3n) is 8.29. The number of benzene rings is 1. The van der Waals surface area contributed by atoms with Gasteiger partial charge in [0.25, 0.3) is 5.91 Å². The predicted molar refractivity (Wildman–Crippen MR) is 152 cm³/mol. The molecule has 4 aromatic rings. The highest BCUT2D eigenvalue weighted by Crippen LogP contribution is 2.44. The molecule has 40 heavy (non-hydrogen) atoms. The minimum atomic E-state index is -0.697. The summed E-state index contributed by atoms with van der Waals surface area (Å²) in [5.74, 6) is -1.31. The fourth-order valence-corrected chi connectivity index (χ4v) is 6.91. The number of carbonyl (C=O) groups excluding carboxylic acids is 1. The molecule has 1 aliphatic heterocycles. The highest BCUT2D eigenvalue weighted by Gasteiger charge is 2.32. The first-order valence-electron chi connectivity index (χ1n) is 13.8. The van der Waals surface area contributed by atoms with Crippen molar-refractivity contribution in [1.82, 2.24) is 19.9 Å². The van der Waals surface area contributed by atoms with Gasteiger partial charge in [0.1, 0.15) is 10.3 Å². The number of rotatable bonds is 7. The van der Waals surface area contributed by atoms with Gasteiger partial charge in [0, 0.05) is 36.3 Å². The predicted octanol–water partition coefficient (Wildman–Crippen LogP) is 4.75. The summed E-state index contributed by atoms with van der Waals surface area (Å²) in [4.78, 5) is 28.6. The van der Waals surface area contributed by atoms with Gasteiger partial charge in [0.05, 0.1) is 18.0 Å². The molecule has 1 unspecified atom stereocenters. The molecule has 10 heteroatoms. The van der Waals surface area contributed by atoms with Crippen molar-refractivity contribution in [2.24, 2.45) is 5.73 Å². The Bertz CT molecular complexity index is 1530. The minimum absolute atomic E-state index is 0.192. The van der Waals surface area contributed by atoms with E-state index in [2.05, 4.69) is 33.1 Å². The molecule has 6 rings (SSSR count). The molecule has 2 aliphatic rings. The minimum Gasteiger partial charge on any atom is -0.504 e. The van der Waals surface area contributed by atoms with Gasteiger partial charge in [-0.25, -0.2) is 14.4 Å². The van der Waals surface area contributed by atoms with Crippen molar-refractivity contribution in [3.63, 3.8) is 0 Å². The van der Waals surface area contributed by atoms with Crippen molar-refractivity contribution in [2.75, 3.05) is 19.6 Å². The number of carbonyl (C=O) groups is 1. The topological polar surface area (TPSA) is 125 Å². The fourth-order valence-electron chi connectivity index (χ4n) is 6.13. The number of fused-ring (bicyclic) bond motifs is 2. The van der Waals surface area contributed by atoms with Gasteiger partial charge >= 0.3 is 0 Å². The number of hydrogen-bond donors (Lipinski definition) is 3. The van der Waals surface area contributed by atoms with E-state index >= 15 is 0 Å². The molecule has 4 heterocycles. The van der Waals surface area contributed by atoms with Crippen molar-refractivity contribution in [3.8, 4) is 17.0 Å². The molecule has 208 valence electrons. The number of likely N-dealkylation sites (tertiary alicyclic amines) is 1. The third kappa shape index (κ3) is 5.43. The number of piperidine rings is 1. The number of hydrogen-bond acceptors (Lipinski definition) is 8. The Labute approximate surface area is 235 Å². The van der Waals surface area contributed by atoms with Crippen LogP contribution in [-0.2, 0) is 6.42 Å². The zero-order chi connectivity index (χ0) is 27.8. The van der Waals surface area contributed by atoms with Crippen molar-refractivity contribution in [3.05, 3.63) is 70.2 Å². The van der Waals surface area contributed by atoms with Crippen LogP contribution in [0.4, 0.5) is 4.39 Å². The standard InChI is InChI=1S/C30H32FN5O3S/c31-23-15-24(33-16-26(23)38)18-6-4-17(5-7-18)21(10-13-36-11-8-20(37)9-12-36)22-3-1-2-19-14-25-29(35-27(19)22)40-30(34-25)28(32)39/h4-7,14-16,20-22,37-38H,1-3,8-13H2,(H2,32,39)/t21-,22?/m0/s1. The summed E-state index contributed by atoms with van der Waals surface area (Å²) in [5.41, 5.74) is 10.9. The maximum atomic E-state index is 14.0. The number of aliphatic hydroxyl groups is 1. The van der Waals surface area contributed by atoms with Crippen LogP contribution in [0, 0.1) is 5.82 Å². The van der Waals surface area contributed by atoms with E-state index in [1.165, 1.54) is 28.5 Å². The number of nitrogens with two attached hydrogens (primary N) is 1. The van der Waals surface area contributed by atoms with E-state index in [1.807, 2.05) is 12.1 Å². The molecule has 1 amide bonds. The van der Waals surface area contributed by atoms with Gasteiger partial charge in [-0.05, 0) is 68.2 Å². The molecule has 2 atom stereocenters. The Kier molecular flexibility index (Phi) is 7.48. The number of thiazole rings is 1. The van der Waals surface area contributed by atoms with E-state index < -0.39 is 17.5 Å². The summed E-state index contributed by atoms with van der Waals surface area (Å²) in [6.45, 7) is 2.70. The van der Waals surface area contributed by atoms with Crippen LogP contribution in [0.3, 0.4) is 0 Å². The van der Waals surface area contributed by atoms with Crippen LogP contribution in [0.5, 0.6) is 5.75 Å². The summed E-state index contributed by atoms with van der Waals surface area (Å²) >= 11 is 1.24. The molecule has 3 aromatic heterocycles. The van der Waals surface area contributed by atoms with E-state index in [4.69, 9.17) is 10.7 Å². The number of aromatic nitrogens is 3. The molecule has 4 N–H and O–H groups in total.